The van der Waals surface area contributed by atoms with Crippen LogP contribution in [0.2, 0.25) is 10.0 Å². The van der Waals surface area contributed by atoms with E-state index >= 15 is 0 Å². The van der Waals surface area contributed by atoms with Gasteiger partial charge in [-0.25, -0.2) is 0 Å². The molecule has 1 aromatic carbocycles. The summed E-state index contributed by atoms with van der Waals surface area (Å²) in [6.07, 6.45) is 3.28. The van der Waals surface area contributed by atoms with E-state index in [0.717, 1.165) is 17.9 Å². The van der Waals surface area contributed by atoms with E-state index in [0.29, 0.717) is 17.9 Å². The van der Waals surface area contributed by atoms with Crippen molar-refractivity contribution in [1.29, 1.82) is 0 Å². The summed E-state index contributed by atoms with van der Waals surface area (Å²) in [5, 5.41) is 1.44. The number of nitrogens with zero attached hydrogens (tertiary/aromatic N) is 1. The molecule has 0 spiro atoms. The van der Waals surface area contributed by atoms with Crippen LogP contribution < -0.4 is 5.43 Å². The van der Waals surface area contributed by atoms with E-state index in [4.69, 9.17) is 23.2 Å². The second-order valence-electron chi connectivity index (χ2n) is 5.58. The average molecular weight is 341 g/mol. The van der Waals surface area contributed by atoms with Gasteiger partial charge in [-0.1, -0.05) is 36.0 Å². The summed E-state index contributed by atoms with van der Waals surface area (Å²) in [6, 6.07) is 4.38. The summed E-state index contributed by atoms with van der Waals surface area (Å²) >= 11 is 11.7. The lowest BCUT2D eigenvalue weighted by molar-refractivity contribution is -0.142. The monoisotopic (exact) mass is 340 g/mol. The SMILES string of the molecule is O=C(NN1C(=O)[C@H]2CCCC[C@@H]2C1=O)c1ccc(Cl)c(Cl)c1. The van der Waals surface area contributed by atoms with Gasteiger partial charge in [0.25, 0.3) is 17.7 Å². The van der Waals surface area contributed by atoms with Crippen molar-refractivity contribution in [3.05, 3.63) is 33.8 Å². The van der Waals surface area contributed by atoms with E-state index in [1.807, 2.05) is 0 Å². The lowest BCUT2D eigenvalue weighted by Crippen LogP contribution is -2.46. The van der Waals surface area contributed by atoms with Crippen molar-refractivity contribution in [2.75, 3.05) is 0 Å². The van der Waals surface area contributed by atoms with Crippen molar-refractivity contribution in [1.82, 2.24) is 10.4 Å². The van der Waals surface area contributed by atoms with Crippen molar-refractivity contribution < 1.29 is 14.4 Å². The molecular formula is C15H14Cl2N2O3. The first-order valence-electron chi connectivity index (χ1n) is 7.13. The third-order valence-electron chi connectivity index (χ3n) is 4.24. The normalized spacial score (nSPS) is 24.4. The minimum atomic E-state index is -0.557. The highest BCUT2D eigenvalue weighted by molar-refractivity contribution is 6.42. The highest BCUT2D eigenvalue weighted by atomic mass is 35.5. The Hall–Kier alpha value is -1.59. The van der Waals surface area contributed by atoms with Crippen LogP contribution in [0.15, 0.2) is 18.2 Å². The largest absolute Gasteiger partial charge is 0.272 e. The van der Waals surface area contributed by atoms with E-state index in [9.17, 15) is 14.4 Å². The number of imide groups is 1. The molecule has 5 nitrogen and oxygen atoms in total. The van der Waals surface area contributed by atoms with E-state index in [2.05, 4.69) is 5.43 Å². The molecule has 0 aromatic heterocycles. The minimum absolute atomic E-state index is 0.238. The number of carbonyl (C=O) groups is 3. The van der Waals surface area contributed by atoms with Gasteiger partial charge in [0.2, 0.25) is 0 Å². The first-order chi connectivity index (χ1) is 10.5. The minimum Gasteiger partial charge on any atom is -0.272 e. The topological polar surface area (TPSA) is 66.5 Å². The van der Waals surface area contributed by atoms with Gasteiger partial charge >= 0.3 is 0 Å². The van der Waals surface area contributed by atoms with Crippen molar-refractivity contribution >= 4 is 40.9 Å². The first-order valence-corrected chi connectivity index (χ1v) is 7.88. The quantitative estimate of drug-likeness (QED) is 0.841. The van der Waals surface area contributed by atoms with Crippen LogP contribution in [-0.2, 0) is 9.59 Å². The summed E-state index contributed by atoms with van der Waals surface area (Å²) in [5.41, 5.74) is 2.63. The van der Waals surface area contributed by atoms with E-state index in [1.54, 1.807) is 0 Å². The van der Waals surface area contributed by atoms with Crippen LogP contribution in [0.5, 0.6) is 0 Å². The molecule has 116 valence electrons. The summed E-state index contributed by atoms with van der Waals surface area (Å²) in [5.74, 6) is -1.78. The van der Waals surface area contributed by atoms with Gasteiger partial charge in [0.15, 0.2) is 0 Å². The second-order valence-corrected chi connectivity index (χ2v) is 6.39. The maximum Gasteiger partial charge on any atom is 0.270 e. The molecule has 1 saturated heterocycles. The van der Waals surface area contributed by atoms with Crippen molar-refractivity contribution in [3.8, 4) is 0 Å². The Labute approximate surface area is 137 Å². The lowest BCUT2D eigenvalue weighted by atomic mass is 9.81. The fourth-order valence-electron chi connectivity index (χ4n) is 3.08. The van der Waals surface area contributed by atoms with Gasteiger partial charge in [0, 0.05) is 5.56 Å². The Morgan fingerprint density at radius 1 is 1.05 bits per heavy atom. The summed E-state index contributed by atoms with van der Waals surface area (Å²) in [6.45, 7) is 0. The van der Waals surface area contributed by atoms with Crippen LogP contribution in [0.4, 0.5) is 0 Å². The fraction of sp³-hybridized carbons (Fsp3) is 0.400. The zero-order valence-electron chi connectivity index (χ0n) is 11.6. The Balaban J connectivity index is 1.77. The highest BCUT2D eigenvalue weighted by Gasteiger charge is 2.49. The molecule has 2 fully saturated rings. The molecule has 1 aliphatic heterocycles. The Kier molecular flexibility index (Phi) is 4.10. The molecule has 1 N–H and O–H groups in total. The molecule has 3 amide bonds. The predicted molar refractivity (Wildman–Crippen MR) is 81.2 cm³/mol. The van der Waals surface area contributed by atoms with E-state index in [-0.39, 0.29) is 34.2 Å². The number of nitrogens with one attached hydrogen (secondary N) is 1. The van der Waals surface area contributed by atoms with E-state index < -0.39 is 5.91 Å². The van der Waals surface area contributed by atoms with Crippen LogP contribution >= 0.6 is 23.2 Å². The predicted octanol–water partition coefficient (Wildman–Crippen LogP) is 2.81. The van der Waals surface area contributed by atoms with Crippen molar-refractivity contribution in [3.63, 3.8) is 0 Å². The molecule has 1 heterocycles. The summed E-state index contributed by atoms with van der Waals surface area (Å²) < 4.78 is 0. The molecule has 0 radical (unpaired) electrons. The Morgan fingerprint density at radius 2 is 1.64 bits per heavy atom. The number of rotatable bonds is 2. The third-order valence-corrected chi connectivity index (χ3v) is 4.98. The number of hydrazine groups is 1. The van der Waals surface area contributed by atoms with Gasteiger partial charge in [0.05, 0.1) is 21.9 Å². The number of hydrogen-bond acceptors (Lipinski definition) is 3. The number of halogens is 2. The van der Waals surface area contributed by atoms with Crippen LogP contribution in [0.1, 0.15) is 36.0 Å². The summed E-state index contributed by atoms with van der Waals surface area (Å²) in [4.78, 5) is 36.8. The molecule has 0 unspecified atom stereocenters. The number of hydrogen-bond donors (Lipinski definition) is 1. The number of amides is 3. The van der Waals surface area contributed by atoms with E-state index in [1.165, 1.54) is 18.2 Å². The molecule has 1 saturated carbocycles. The molecular weight excluding hydrogens is 327 g/mol. The molecule has 1 aromatic rings. The number of carbonyl (C=O) groups excluding carboxylic acids is 3. The summed E-state index contributed by atoms with van der Waals surface area (Å²) in [7, 11) is 0. The van der Waals surface area contributed by atoms with Gasteiger partial charge < -0.3 is 0 Å². The third kappa shape index (κ3) is 2.59. The van der Waals surface area contributed by atoms with Gasteiger partial charge in [-0.3, -0.25) is 19.8 Å². The zero-order chi connectivity index (χ0) is 15.9. The zero-order valence-corrected chi connectivity index (χ0v) is 13.2. The smallest absolute Gasteiger partial charge is 0.270 e. The average Bonchev–Trinajstić information content (AvgIpc) is 2.75. The highest BCUT2D eigenvalue weighted by Crippen LogP contribution is 2.37. The Bertz CT molecular complexity index is 638. The molecule has 7 heteroatoms. The van der Waals surface area contributed by atoms with Gasteiger partial charge in [-0.05, 0) is 31.0 Å². The molecule has 3 rings (SSSR count). The first kappa shape index (κ1) is 15.3. The molecule has 2 atom stereocenters. The van der Waals surface area contributed by atoms with Crippen LogP contribution in [0.25, 0.3) is 0 Å². The van der Waals surface area contributed by atoms with Crippen LogP contribution in [0.3, 0.4) is 0 Å². The maximum absolute atomic E-state index is 12.3. The van der Waals surface area contributed by atoms with Crippen molar-refractivity contribution in [2.24, 2.45) is 11.8 Å². The van der Waals surface area contributed by atoms with Crippen LogP contribution in [0, 0.1) is 11.8 Å². The van der Waals surface area contributed by atoms with Crippen LogP contribution in [-0.4, -0.2) is 22.7 Å². The molecule has 2 aliphatic rings. The number of fused-ring (bicyclic) bond motifs is 1. The van der Waals surface area contributed by atoms with Crippen molar-refractivity contribution in [2.45, 2.75) is 25.7 Å². The molecule has 0 bridgehead atoms. The standard InChI is InChI=1S/C15H14Cl2N2O3/c16-11-6-5-8(7-12(11)17)13(20)18-19-14(21)9-3-1-2-4-10(9)15(19)22/h5-7,9-10H,1-4H2,(H,18,20)/t9-,10-/m0/s1. The number of benzene rings is 1. The lowest BCUT2D eigenvalue weighted by Gasteiger charge is -2.19. The molecule has 1 aliphatic carbocycles. The van der Waals surface area contributed by atoms with Gasteiger partial charge in [0.1, 0.15) is 0 Å². The molecule has 22 heavy (non-hydrogen) atoms. The van der Waals surface area contributed by atoms with Gasteiger partial charge in [-0.15, -0.1) is 0 Å². The van der Waals surface area contributed by atoms with Gasteiger partial charge in [-0.2, -0.15) is 5.01 Å². The Morgan fingerprint density at radius 3 is 2.18 bits per heavy atom. The fourth-order valence-corrected chi connectivity index (χ4v) is 3.37. The second kappa shape index (κ2) is 5.89. The maximum atomic E-state index is 12.3.